The average molecular weight is 135 g/mol. The van der Waals surface area contributed by atoms with Crippen molar-refractivity contribution in [3.05, 3.63) is 23.2 Å². The lowest BCUT2D eigenvalue weighted by Gasteiger charge is -2.03. The minimum Gasteiger partial charge on any atom is -0.493 e. The number of hydrogen-bond acceptors (Lipinski definition) is 1. The van der Waals surface area contributed by atoms with Crippen LogP contribution in [0, 0.1) is 0 Å². The summed E-state index contributed by atoms with van der Waals surface area (Å²) in [6.07, 6.45) is 2.26. The number of halogens is 2. The van der Waals surface area contributed by atoms with Crippen molar-refractivity contribution in [3.63, 3.8) is 0 Å². The van der Waals surface area contributed by atoms with E-state index in [9.17, 15) is 4.39 Å². The third kappa shape index (κ3) is 1.23. The first-order valence-electron chi connectivity index (χ1n) is 2.12. The molecular weight excluding hydrogens is 131 g/mol. The molecule has 0 aliphatic carbocycles. The van der Waals surface area contributed by atoms with Crippen LogP contribution in [-0.4, -0.2) is 6.61 Å². The molecule has 0 aromatic carbocycles. The Morgan fingerprint density at radius 2 is 2.50 bits per heavy atom. The standard InChI is InChI=1S/C5H4ClFO/c6-4-1-5(7)3-8-2-4/h1,3H,2H2. The molecule has 0 saturated carbocycles. The Kier molecular flexibility index (Phi) is 1.53. The molecule has 1 aliphatic heterocycles. The molecule has 44 valence electrons. The molecule has 0 bridgehead atoms. The molecule has 0 aromatic heterocycles. The van der Waals surface area contributed by atoms with Gasteiger partial charge < -0.3 is 4.74 Å². The van der Waals surface area contributed by atoms with Crippen molar-refractivity contribution < 1.29 is 9.13 Å². The van der Waals surface area contributed by atoms with Gasteiger partial charge in [0, 0.05) is 0 Å². The van der Waals surface area contributed by atoms with Gasteiger partial charge in [-0.1, -0.05) is 11.6 Å². The van der Waals surface area contributed by atoms with Gasteiger partial charge in [0.2, 0.25) is 0 Å². The third-order valence-corrected chi connectivity index (χ3v) is 0.930. The van der Waals surface area contributed by atoms with Gasteiger partial charge in [-0.3, -0.25) is 0 Å². The maximum absolute atomic E-state index is 12.0. The molecule has 1 aliphatic rings. The fourth-order valence-electron chi connectivity index (χ4n) is 0.426. The highest BCUT2D eigenvalue weighted by Gasteiger charge is 2.00. The summed E-state index contributed by atoms with van der Waals surface area (Å²) in [5.41, 5.74) is 0. The summed E-state index contributed by atoms with van der Waals surface area (Å²) in [5.74, 6) is -0.429. The maximum Gasteiger partial charge on any atom is 0.158 e. The quantitative estimate of drug-likeness (QED) is 0.492. The number of rotatable bonds is 0. The van der Waals surface area contributed by atoms with Crippen molar-refractivity contribution in [1.82, 2.24) is 0 Å². The first kappa shape index (κ1) is 5.63. The number of ether oxygens (including phenoxy) is 1. The lowest BCUT2D eigenvalue weighted by atomic mass is 10.4. The fourth-order valence-corrected chi connectivity index (χ4v) is 0.593. The van der Waals surface area contributed by atoms with Crippen LogP contribution in [-0.2, 0) is 4.74 Å². The highest BCUT2D eigenvalue weighted by Crippen LogP contribution is 2.13. The molecular formula is C5H4ClFO. The summed E-state index contributed by atoms with van der Waals surface area (Å²) in [5, 5.41) is 0.394. The van der Waals surface area contributed by atoms with Crippen molar-refractivity contribution in [2.24, 2.45) is 0 Å². The van der Waals surface area contributed by atoms with E-state index in [1.54, 1.807) is 0 Å². The van der Waals surface area contributed by atoms with Crippen LogP contribution in [0.4, 0.5) is 4.39 Å². The van der Waals surface area contributed by atoms with Crippen LogP contribution in [0.1, 0.15) is 0 Å². The monoisotopic (exact) mass is 134 g/mol. The van der Waals surface area contributed by atoms with E-state index in [2.05, 4.69) is 4.74 Å². The minimum absolute atomic E-state index is 0.287. The average Bonchev–Trinajstić information content (AvgIpc) is 1.64. The molecule has 3 heteroatoms. The van der Waals surface area contributed by atoms with Crippen molar-refractivity contribution in [2.45, 2.75) is 0 Å². The third-order valence-electron chi connectivity index (χ3n) is 0.712. The predicted molar refractivity (Wildman–Crippen MR) is 29.1 cm³/mol. The molecule has 0 amide bonds. The van der Waals surface area contributed by atoms with Crippen LogP contribution in [0.3, 0.4) is 0 Å². The van der Waals surface area contributed by atoms with Gasteiger partial charge in [0.25, 0.3) is 0 Å². The summed E-state index contributed by atoms with van der Waals surface area (Å²) in [6, 6.07) is 0. The van der Waals surface area contributed by atoms with Crippen LogP contribution in [0.5, 0.6) is 0 Å². The molecule has 1 heterocycles. The molecule has 8 heavy (non-hydrogen) atoms. The van der Waals surface area contributed by atoms with Crippen LogP contribution >= 0.6 is 11.6 Å². The molecule has 0 spiro atoms. The molecule has 0 radical (unpaired) electrons. The van der Waals surface area contributed by atoms with E-state index in [0.29, 0.717) is 5.03 Å². The van der Waals surface area contributed by atoms with E-state index < -0.39 is 5.83 Å². The van der Waals surface area contributed by atoms with Gasteiger partial charge in [0.1, 0.15) is 12.9 Å². The highest BCUT2D eigenvalue weighted by atomic mass is 35.5. The molecule has 0 unspecified atom stereocenters. The Morgan fingerprint density at radius 3 is 2.88 bits per heavy atom. The molecule has 0 N–H and O–H groups in total. The van der Waals surface area contributed by atoms with Crippen LogP contribution in [0.2, 0.25) is 0 Å². The maximum atomic E-state index is 12.0. The van der Waals surface area contributed by atoms with Crippen molar-refractivity contribution in [3.8, 4) is 0 Å². The summed E-state index contributed by atoms with van der Waals surface area (Å²) >= 11 is 5.37. The molecule has 1 nitrogen and oxygen atoms in total. The van der Waals surface area contributed by atoms with Gasteiger partial charge >= 0.3 is 0 Å². The Hall–Kier alpha value is -0.500. The Bertz CT molecular complexity index is 151. The molecule has 0 atom stereocenters. The van der Waals surface area contributed by atoms with Crippen LogP contribution in [0.15, 0.2) is 23.2 Å². The number of allylic oxidation sites excluding steroid dienone is 2. The summed E-state index contributed by atoms with van der Waals surface area (Å²) in [4.78, 5) is 0. The first-order chi connectivity index (χ1) is 3.79. The lowest BCUT2D eigenvalue weighted by molar-refractivity contribution is 0.269. The predicted octanol–water partition coefficient (Wildman–Crippen LogP) is 1.95. The van der Waals surface area contributed by atoms with Gasteiger partial charge in [-0.05, 0) is 6.08 Å². The smallest absolute Gasteiger partial charge is 0.158 e. The minimum atomic E-state index is -0.429. The van der Waals surface area contributed by atoms with Gasteiger partial charge in [0.15, 0.2) is 5.83 Å². The molecule has 0 saturated heterocycles. The van der Waals surface area contributed by atoms with Gasteiger partial charge in [-0.15, -0.1) is 0 Å². The first-order valence-corrected chi connectivity index (χ1v) is 2.50. The number of hydrogen-bond donors (Lipinski definition) is 0. The van der Waals surface area contributed by atoms with Crippen molar-refractivity contribution in [2.75, 3.05) is 6.61 Å². The van der Waals surface area contributed by atoms with Crippen LogP contribution in [0.25, 0.3) is 0 Å². The Morgan fingerprint density at radius 1 is 1.75 bits per heavy atom. The van der Waals surface area contributed by atoms with Gasteiger partial charge in [0.05, 0.1) is 5.03 Å². The normalized spacial score (nSPS) is 18.8. The largest absolute Gasteiger partial charge is 0.493 e. The van der Waals surface area contributed by atoms with E-state index in [-0.39, 0.29) is 6.61 Å². The molecule has 0 fully saturated rings. The summed E-state index contributed by atoms with van der Waals surface area (Å²) in [6.45, 7) is 0.287. The Labute approximate surface area is 51.4 Å². The zero-order chi connectivity index (χ0) is 5.98. The van der Waals surface area contributed by atoms with Gasteiger partial charge in [-0.25, -0.2) is 4.39 Å². The molecule has 1 rings (SSSR count). The second kappa shape index (κ2) is 2.18. The highest BCUT2D eigenvalue weighted by molar-refractivity contribution is 6.30. The van der Waals surface area contributed by atoms with E-state index in [1.807, 2.05) is 0 Å². The van der Waals surface area contributed by atoms with E-state index in [4.69, 9.17) is 11.6 Å². The van der Waals surface area contributed by atoms with E-state index in [0.717, 1.165) is 6.26 Å². The summed E-state index contributed by atoms with van der Waals surface area (Å²) in [7, 11) is 0. The van der Waals surface area contributed by atoms with E-state index >= 15 is 0 Å². The second-order valence-corrected chi connectivity index (χ2v) is 1.89. The van der Waals surface area contributed by atoms with E-state index in [1.165, 1.54) is 6.08 Å². The zero-order valence-electron chi connectivity index (χ0n) is 4.03. The molecule has 0 aromatic rings. The fraction of sp³-hybridized carbons (Fsp3) is 0.200. The zero-order valence-corrected chi connectivity index (χ0v) is 4.78. The van der Waals surface area contributed by atoms with Gasteiger partial charge in [-0.2, -0.15) is 0 Å². The second-order valence-electron chi connectivity index (χ2n) is 1.40. The van der Waals surface area contributed by atoms with Crippen LogP contribution < -0.4 is 0 Å². The van der Waals surface area contributed by atoms with Crippen molar-refractivity contribution in [1.29, 1.82) is 0 Å². The van der Waals surface area contributed by atoms with Crippen molar-refractivity contribution >= 4 is 11.6 Å². The topological polar surface area (TPSA) is 9.23 Å². The SMILES string of the molecule is FC1=COCC(Cl)=C1. The Balaban J connectivity index is 2.69. The lowest BCUT2D eigenvalue weighted by Crippen LogP contribution is -1.92. The summed E-state index contributed by atoms with van der Waals surface area (Å²) < 4.78 is 16.6.